The Bertz CT molecular complexity index is 515. The SMILES string of the molecule is [H+].[Na+].[O-]c1ccc(Cl)cc1Cc1cc(Cl)ccc1[O-]. The first-order valence-electron chi connectivity index (χ1n) is 4.97. The summed E-state index contributed by atoms with van der Waals surface area (Å²) in [6, 6.07) is 9.00. The van der Waals surface area contributed by atoms with E-state index in [0.717, 1.165) is 0 Å². The van der Waals surface area contributed by atoms with Crippen LogP contribution in [0.25, 0.3) is 0 Å². The predicted molar refractivity (Wildman–Crippen MR) is 65.7 cm³/mol. The third-order valence-corrected chi connectivity index (χ3v) is 2.90. The van der Waals surface area contributed by atoms with E-state index in [1.807, 2.05) is 0 Å². The van der Waals surface area contributed by atoms with Gasteiger partial charge in [0.2, 0.25) is 0 Å². The van der Waals surface area contributed by atoms with Gasteiger partial charge in [-0.2, -0.15) is 0 Å². The standard InChI is InChI=1S/C13H10Cl2O2.Na/c14-10-1-3-12(16)8(6-10)5-9-7-11(15)2-4-13(9)17;/h1-4,6-7,16-17H,5H2;/q;+1/p-1. The van der Waals surface area contributed by atoms with E-state index in [-0.39, 0.29) is 48.9 Å². The summed E-state index contributed by atoms with van der Waals surface area (Å²) in [5.41, 5.74) is 0.994. The summed E-state index contributed by atoms with van der Waals surface area (Å²) in [4.78, 5) is 0. The van der Waals surface area contributed by atoms with Crippen molar-refractivity contribution >= 4 is 23.2 Å². The number of hydrogen-bond donors (Lipinski definition) is 0. The van der Waals surface area contributed by atoms with Crippen LogP contribution in [0.4, 0.5) is 0 Å². The van der Waals surface area contributed by atoms with E-state index in [2.05, 4.69) is 0 Å². The van der Waals surface area contributed by atoms with Crippen LogP contribution in [0.1, 0.15) is 12.6 Å². The Morgan fingerprint density at radius 2 is 1.22 bits per heavy atom. The Labute approximate surface area is 139 Å². The van der Waals surface area contributed by atoms with Crippen molar-refractivity contribution in [3.63, 3.8) is 0 Å². The van der Waals surface area contributed by atoms with Crippen molar-refractivity contribution in [2.75, 3.05) is 0 Å². The monoisotopic (exact) mass is 290 g/mol. The Morgan fingerprint density at radius 3 is 1.61 bits per heavy atom. The van der Waals surface area contributed by atoms with Crippen LogP contribution in [0, 0.1) is 0 Å². The molecule has 0 aromatic heterocycles. The fourth-order valence-corrected chi connectivity index (χ4v) is 1.97. The van der Waals surface area contributed by atoms with Crippen molar-refractivity contribution in [2.24, 2.45) is 0 Å². The first-order chi connectivity index (χ1) is 8.06. The Hall–Kier alpha value is -0.380. The number of hydrogen-bond acceptors (Lipinski definition) is 2. The Balaban J connectivity index is 0.00000162. The molecular weight excluding hydrogens is 282 g/mol. The van der Waals surface area contributed by atoms with Gasteiger partial charge < -0.3 is 10.2 Å². The average molecular weight is 291 g/mol. The topological polar surface area (TPSA) is 46.1 Å². The molecular formula is C13H9Cl2NaO2. The molecule has 2 aromatic rings. The van der Waals surface area contributed by atoms with Gasteiger partial charge in [0.15, 0.2) is 0 Å². The summed E-state index contributed by atoms with van der Waals surface area (Å²) in [6.07, 6.45) is 0.249. The van der Waals surface area contributed by atoms with Crippen LogP contribution >= 0.6 is 23.2 Å². The fraction of sp³-hybridized carbons (Fsp3) is 0.0769. The first-order valence-corrected chi connectivity index (χ1v) is 5.73. The first kappa shape index (κ1) is 15.7. The maximum atomic E-state index is 11.6. The molecule has 0 saturated heterocycles. The molecule has 5 heteroatoms. The van der Waals surface area contributed by atoms with Gasteiger partial charge in [0, 0.05) is 10.0 Å². The molecule has 0 aliphatic carbocycles. The fourth-order valence-electron chi connectivity index (χ4n) is 1.58. The van der Waals surface area contributed by atoms with Gasteiger partial charge in [0.25, 0.3) is 0 Å². The molecule has 0 saturated carbocycles. The van der Waals surface area contributed by atoms with Gasteiger partial charge in [0.05, 0.1) is 0 Å². The third kappa shape index (κ3) is 3.81. The second-order valence-corrected chi connectivity index (χ2v) is 4.55. The molecule has 0 atom stereocenters. The van der Waals surface area contributed by atoms with Crippen LogP contribution in [-0.4, -0.2) is 0 Å². The van der Waals surface area contributed by atoms with Crippen molar-refractivity contribution in [3.05, 3.63) is 57.6 Å². The van der Waals surface area contributed by atoms with Crippen molar-refractivity contribution in [2.45, 2.75) is 6.42 Å². The minimum atomic E-state index is -0.131. The predicted octanol–water partition coefficient (Wildman–Crippen LogP) is -0.152. The Morgan fingerprint density at radius 1 is 0.833 bits per heavy atom. The molecule has 0 radical (unpaired) electrons. The molecule has 0 fully saturated rings. The van der Waals surface area contributed by atoms with Crippen LogP contribution in [0.5, 0.6) is 11.5 Å². The summed E-state index contributed by atoms with van der Waals surface area (Å²) < 4.78 is 0. The minimum absolute atomic E-state index is 0. The summed E-state index contributed by atoms with van der Waals surface area (Å²) in [6.45, 7) is 0. The van der Waals surface area contributed by atoms with Gasteiger partial charge in [-0.15, -0.1) is 11.5 Å². The molecule has 2 rings (SSSR count). The van der Waals surface area contributed by atoms with E-state index in [1.165, 1.54) is 24.3 Å². The molecule has 2 nitrogen and oxygen atoms in total. The van der Waals surface area contributed by atoms with Gasteiger partial charge >= 0.3 is 31.0 Å². The summed E-state index contributed by atoms with van der Waals surface area (Å²) in [5, 5.41) is 24.1. The van der Waals surface area contributed by atoms with E-state index in [0.29, 0.717) is 21.2 Å². The Kier molecular flexibility index (Phi) is 5.83. The minimum Gasteiger partial charge on any atom is -0.872 e. The maximum Gasteiger partial charge on any atom is 1.00 e. The quantitative estimate of drug-likeness (QED) is 0.722. The van der Waals surface area contributed by atoms with Gasteiger partial charge in [0.1, 0.15) is 0 Å². The zero-order valence-electron chi connectivity index (χ0n) is 10.7. The molecule has 0 bridgehead atoms. The van der Waals surface area contributed by atoms with Crippen molar-refractivity contribution in [1.29, 1.82) is 0 Å². The summed E-state index contributed by atoms with van der Waals surface area (Å²) in [5.74, 6) is -0.262. The zero-order valence-corrected chi connectivity index (χ0v) is 13.3. The molecule has 18 heavy (non-hydrogen) atoms. The molecule has 88 valence electrons. The largest absolute Gasteiger partial charge is 1.00 e. The molecule has 0 spiro atoms. The van der Waals surface area contributed by atoms with Crippen LogP contribution in [0.2, 0.25) is 10.0 Å². The number of halogens is 2. The van der Waals surface area contributed by atoms with Crippen LogP contribution in [-0.2, 0) is 6.42 Å². The summed E-state index contributed by atoms with van der Waals surface area (Å²) in [7, 11) is 0. The normalized spacial score (nSPS) is 9.89. The summed E-state index contributed by atoms with van der Waals surface area (Å²) >= 11 is 11.6. The van der Waals surface area contributed by atoms with Crippen LogP contribution in [0.15, 0.2) is 36.4 Å². The van der Waals surface area contributed by atoms with Gasteiger partial charge in [-0.25, -0.2) is 0 Å². The second-order valence-electron chi connectivity index (χ2n) is 3.68. The van der Waals surface area contributed by atoms with Gasteiger partial charge in [-0.3, -0.25) is 0 Å². The molecule has 0 N–H and O–H groups in total. The molecule has 0 heterocycles. The van der Waals surface area contributed by atoms with E-state index >= 15 is 0 Å². The zero-order chi connectivity index (χ0) is 12.4. The smallest absolute Gasteiger partial charge is 0.872 e. The average Bonchev–Trinajstić information content (AvgIpc) is 2.28. The second kappa shape index (κ2) is 6.69. The van der Waals surface area contributed by atoms with E-state index in [1.54, 1.807) is 12.1 Å². The molecule has 0 aliphatic rings. The van der Waals surface area contributed by atoms with Crippen LogP contribution < -0.4 is 39.8 Å². The van der Waals surface area contributed by atoms with E-state index < -0.39 is 0 Å². The van der Waals surface area contributed by atoms with Crippen molar-refractivity contribution in [3.8, 4) is 11.5 Å². The van der Waals surface area contributed by atoms with Crippen molar-refractivity contribution < 1.29 is 41.2 Å². The third-order valence-electron chi connectivity index (χ3n) is 2.43. The number of rotatable bonds is 2. The van der Waals surface area contributed by atoms with Gasteiger partial charge in [-0.1, -0.05) is 46.5 Å². The number of benzene rings is 2. The molecule has 0 unspecified atom stereocenters. The van der Waals surface area contributed by atoms with E-state index in [9.17, 15) is 10.2 Å². The molecule has 0 aliphatic heterocycles. The van der Waals surface area contributed by atoms with Gasteiger partial charge in [-0.05, 0) is 30.7 Å². The maximum absolute atomic E-state index is 11.6. The van der Waals surface area contributed by atoms with E-state index in [4.69, 9.17) is 23.2 Å². The molecule has 2 aromatic carbocycles. The van der Waals surface area contributed by atoms with Crippen molar-refractivity contribution in [1.82, 2.24) is 0 Å². The van der Waals surface area contributed by atoms with Crippen LogP contribution in [0.3, 0.4) is 0 Å². The molecule has 0 amide bonds.